The summed E-state index contributed by atoms with van der Waals surface area (Å²) in [7, 11) is 3.73. The molecular weight excluding hydrogens is 468 g/mol. The van der Waals surface area contributed by atoms with E-state index < -0.39 is 0 Å². The number of aryl methyl sites for hydroxylation is 2. The van der Waals surface area contributed by atoms with Gasteiger partial charge in [-0.15, -0.1) is 24.0 Å². The van der Waals surface area contributed by atoms with E-state index in [0.29, 0.717) is 6.54 Å². The van der Waals surface area contributed by atoms with Gasteiger partial charge in [0, 0.05) is 37.8 Å². The lowest BCUT2D eigenvalue weighted by atomic mass is 9.84. The number of aliphatic imine (C=N–C) groups is 1. The van der Waals surface area contributed by atoms with Crippen molar-refractivity contribution in [2.75, 3.05) is 13.6 Å². The Morgan fingerprint density at radius 1 is 1.32 bits per heavy atom. The summed E-state index contributed by atoms with van der Waals surface area (Å²) in [5.74, 6) is 0.532. The van der Waals surface area contributed by atoms with E-state index in [1.807, 2.05) is 24.7 Å². The van der Waals surface area contributed by atoms with Gasteiger partial charge in [0.25, 0.3) is 0 Å². The van der Waals surface area contributed by atoms with Crippen LogP contribution in [0.2, 0.25) is 0 Å². The van der Waals surface area contributed by atoms with Crippen molar-refractivity contribution in [3.8, 4) is 0 Å². The van der Waals surface area contributed by atoms with Crippen molar-refractivity contribution < 1.29 is 4.39 Å². The van der Waals surface area contributed by atoms with Crippen molar-refractivity contribution in [1.82, 2.24) is 20.4 Å². The zero-order valence-corrected chi connectivity index (χ0v) is 20.3. The molecule has 0 amide bonds. The second-order valence-electron chi connectivity index (χ2n) is 7.84. The highest BCUT2D eigenvalue weighted by Crippen LogP contribution is 2.22. The summed E-state index contributed by atoms with van der Waals surface area (Å²) < 4.78 is 15.5. The molecule has 2 N–H and O–H groups in total. The van der Waals surface area contributed by atoms with Crippen LogP contribution in [0.15, 0.2) is 29.3 Å². The third-order valence-corrected chi connectivity index (χ3v) is 5.08. The number of guanidine groups is 1. The second-order valence-corrected chi connectivity index (χ2v) is 7.84. The molecule has 1 aromatic carbocycles. The molecule has 1 aromatic heterocycles. The molecule has 0 spiro atoms. The van der Waals surface area contributed by atoms with Gasteiger partial charge in [0.1, 0.15) is 5.82 Å². The average molecular weight is 501 g/mol. The van der Waals surface area contributed by atoms with Gasteiger partial charge in [-0.25, -0.2) is 4.39 Å². The smallest absolute Gasteiger partial charge is 0.191 e. The van der Waals surface area contributed by atoms with Gasteiger partial charge in [0.15, 0.2) is 5.96 Å². The topological polar surface area (TPSA) is 54.2 Å². The largest absolute Gasteiger partial charge is 0.356 e. The van der Waals surface area contributed by atoms with Gasteiger partial charge in [-0.1, -0.05) is 26.0 Å². The zero-order valence-electron chi connectivity index (χ0n) is 17.9. The molecule has 28 heavy (non-hydrogen) atoms. The van der Waals surface area contributed by atoms with E-state index in [4.69, 9.17) is 0 Å². The number of rotatable bonds is 6. The van der Waals surface area contributed by atoms with Crippen molar-refractivity contribution in [2.24, 2.45) is 12.0 Å². The molecule has 0 aliphatic heterocycles. The quantitative estimate of drug-likeness (QED) is 0.359. The number of aromatic nitrogens is 2. The third kappa shape index (κ3) is 6.18. The van der Waals surface area contributed by atoms with Gasteiger partial charge in [0.05, 0.1) is 5.69 Å². The Kier molecular flexibility index (Phi) is 8.91. The first-order valence-electron chi connectivity index (χ1n) is 9.36. The molecule has 0 radical (unpaired) electrons. The van der Waals surface area contributed by atoms with E-state index in [1.165, 1.54) is 17.3 Å². The molecule has 7 heteroatoms. The van der Waals surface area contributed by atoms with Crippen LogP contribution in [0.4, 0.5) is 4.39 Å². The number of hydrogen-bond donors (Lipinski definition) is 2. The standard InChI is InChI=1S/C21H32FN5.HI/c1-14(11-19-15(2)26-27(7)16(19)3)25-20(23-6)24-13-21(4,5)17-9-8-10-18(22)12-17;/h8-10,12,14H,11,13H2,1-7H3,(H2,23,24,25);1H. The molecule has 1 heterocycles. The van der Waals surface area contributed by atoms with Crippen LogP contribution < -0.4 is 10.6 Å². The number of nitrogens with one attached hydrogen (secondary N) is 2. The van der Waals surface area contributed by atoms with E-state index in [0.717, 1.165) is 23.6 Å². The summed E-state index contributed by atoms with van der Waals surface area (Å²) in [5, 5.41) is 11.3. The number of halogens is 2. The van der Waals surface area contributed by atoms with Gasteiger partial charge in [-0.05, 0) is 50.5 Å². The molecule has 0 aliphatic carbocycles. The van der Waals surface area contributed by atoms with Gasteiger partial charge in [-0.2, -0.15) is 5.10 Å². The fourth-order valence-corrected chi connectivity index (χ4v) is 3.21. The molecule has 0 saturated heterocycles. The second kappa shape index (κ2) is 10.2. The summed E-state index contributed by atoms with van der Waals surface area (Å²) in [6.07, 6.45) is 0.875. The maximum absolute atomic E-state index is 13.5. The molecule has 0 bridgehead atoms. The SMILES string of the molecule is CN=C(NCC(C)(C)c1cccc(F)c1)NC(C)Cc1c(C)nn(C)c1C.I. The summed E-state index contributed by atoms with van der Waals surface area (Å²) in [6, 6.07) is 6.97. The van der Waals surface area contributed by atoms with Crippen molar-refractivity contribution in [1.29, 1.82) is 0 Å². The van der Waals surface area contributed by atoms with E-state index in [1.54, 1.807) is 19.2 Å². The Morgan fingerprint density at radius 3 is 2.54 bits per heavy atom. The normalized spacial score (nSPS) is 13.1. The van der Waals surface area contributed by atoms with Crippen LogP contribution in [0.5, 0.6) is 0 Å². The van der Waals surface area contributed by atoms with Crippen molar-refractivity contribution >= 4 is 29.9 Å². The molecule has 2 rings (SSSR count). The van der Waals surface area contributed by atoms with E-state index >= 15 is 0 Å². The van der Waals surface area contributed by atoms with Crippen LogP contribution in [-0.4, -0.2) is 35.4 Å². The molecule has 156 valence electrons. The van der Waals surface area contributed by atoms with Crippen LogP contribution in [-0.2, 0) is 18.9 Å². The Morgan fingerprint density at radius 2 is 2.00 bits per heavy atom. The summed E-state index contributed by atoms with van der Waals surface area (Å²) in [6.45, 7) is 11.1. The first-order valence-corrected chi connectivity index (χ1v) is 9.36. The van der Waals surface area contributed by atoms with Crippen molar-refractivity contribution in [3.63, 3.8) is 0 Å². The number of hydrogen-bond acceptors (Lipinski definition) is 2. The van der Waals surface area contributed by atoms with Crippen molar-refractivity contribution in [3.05, 3.63) is 52.6 Å². The van der Waals surface area contributed by atoms with Crippen LogP contribution in [0.3, 0.4) is 0 Å². The van der Waals surface area contributed by atoms with E-state index in [-0.39, 0.29) is 41.3 Å². The molecule has 5 nitrogen and oxygen atoms in total. The minimum Gasteiger partial charge on any atom is -0.356 e. The minimum absolute atomic E-state index is 0. The third-order valence-electron chi connectivity index (χ3n) is 5.08. The van der Waals surface area contributed by atoms with Crippen LogP contribution in [0.1, 0.15) is 43.3 Å². The molecule has 1 atom stereocenters. The lowest BCUT2D eigenvalue weighted by Crippen LogP contribution is -2.47. The Labute approximate surface area is 185 Å². The maximum Gasteiger partial charge on any atom is 0.191 e. The predicted octanol–water partition coefficient (Wildman–Crippen LogP) is 3.87. The summed E-state index contributed by atoms with van der Waals surface area (Å²) in [5.41, 5.74) is 4.27. The Balaban J connectivity index is 0.00000392. The van der Waals surface area contributed by atoms with Gasteiger partial charge in [0.2, 0.25) is 0 Å². The molecular formula is C21H33FIN5. The Hall–Kier alpha value is -1.64. The van der Waals surface area contributed by atoms with Gasteiger partial charge in [-0.3, -0.25) is 9.67 Å². The maximum atomic E-state index is 13.5. The van der Waals surface area contributed by atoms with Gasteiger partial charge >= 0.3 is 0 Å². The van der Waals surface area contributed by atoms with Crippen molar-refractivity contribution in [2.45, 2.75) is 52.5 Å². The van der Waals surface area contributed by atoms with Crippen LogP contribution in [0, 0.1) is 19.7 Å². The van der Waals surface area contributed by atoms with E-state index in [9.17, 15) is 4.39 Å². The lowest BCUT2D eigenvalue weighted by Gasteiger charge is -2.27. The highest BCUT2D eigenvalue weighted by molar-refractivity contribution is 14.0. The molecule has 2 aromatic rings. The summed E-state index contributed by atoms with van der Waals surface area (Å²) >= 11 is 0. The van der Waals surface area contributed by atoms with Gasteiger partial charge < -0.3 is 10.6 Å². The monoisotopic (exact) mass is 501 g/mol. The first-order chi connectivity index (χ1) is 12.6. The molecule has 0 fully saturated rings. The van der Waals surface area contributed by atoms with E-state index in [2.05, 4.69) is 48.4 Å². The Bertz CT molecular complexity index is 813. The fraction of sp³-hybridized carbons (Fsp3) is 0.524. The predicted molar refractivity (Wildman–Crippen MR) is 125 cm³/mol. The van der Waals surface area contributed by atoms with Crippen LogP contribution >= 0.6 is 24.0 Å². The molecule has 0 aliphatic rings. The molecule has 1 unspecified atom stereocenters. The lowest BCUT2D eigenvalue weighted by molar-refractivity contribution is 0.499. The van der Waals surface area contributed by atoms with Crippen LogP contribution in [0.25, 0.3) is 0 Å². The zero-order chi connectivity index (χ0) is 20.2. The number of benzene rings is 1. The first kappa shape index (κ1) is 24.4. The number of nitrogens with zero attached hydrogens (tertiary/aromatic N) is 3. The average Bonchev–Trinajstić information content (AvgIpc) is 2.84. The summed E-state index contributed by atoms with van der Waals surface area (Å²) in [4.78, 5) is 4.33. The fourth-order valence-electron chi connectivity index (χ4n) is 3.21. The minimum atomic E-state index is -0.223. The molecule has 0 saturated carbocycles. The highest BCUT2D eigenvalue weighted by atomic mass is 127. The highest BCUT2D eigenvalue weighted by Gasteiger charge is 2.22.